The lowest BCUT2D eigenvalue weighted by Crippen LogP contribution is -2.36. The van der Waals surface area contributed by atoms with Crippen molar-refractivity contribution in [3.63, 3.8) is 0 Å². The van der Waals surface area contributed by atoms with Crippen LogP contribution in [0.15, 0.2) is 18.2 Å². The van der Waals surface area contributed by atoms with Crippen LogP contribution in [0.5, 0.6) is 11.5 Å². The Labute approximate surface area is 235 Å². The Hall–Kier alpha value is -3.54. The van der Waals surface area contributed by atoms with E-state index in [1.807, 2.05) is 6.92 Å². The van der Waals surface area contributed by atoms with Gasteiger partial charge in [0, 0.05) is 0 Å². The average molecular weight is 570 g/mol. The van der Waals surface area contributed by atoms with Gasteiger partial charge in [-0.25, -0.2) is 14.4 Å². The summed E-state index contributed by atoms with van der Waals surface area (Å²) in [5.41, 5.74) is 4.84. The van der Waals surface area contributed by atoms with Crippen LogP contribution < -0.4 is 15.2 Å². The summed E-state index contributed by atoms with van der Waals surface area (Å²) in [5.74, 6) is -0.985. The predicted octanol–water partition coefficient (Wildman–Crippen LogP) is 5.46. The highest BCUT2D eigenvalue weighted by Crippen LogP contribution is 2.31. The Morgan fingerprint density at radius 1 is 0.825 bits per heavy atom. The van der Waals surface area contributed by atoms with Crippen molar-refractivity contribution in [1.29, 1.82) is 0 Å². The highest BCUT2D eigenvalue weighted by Gasteiger charge is 2.25. The van der Waals surface area contributed by atoms with Crippen molar-refractivity contribution in [3.8, 4) is 11.5 Å². The van der Waals surface area contributed by atoms with E-state index in [1.165, 1.54) is 18.2 Å². The molecule has 1 rings (SSSR count). The number of hydrogen-bond donors (Lipinski definition) is 1. The highest BCUT2D eigenvalue weighted by atomic mass is 16.8. The van der Waals surface area contributed by atoms with E-state index in [1.54, 1.807) is 48.5 Å². The van der Waals surface area contributed by atoms with Crippen LogP contribution in [0.4, 0.5) is 14.4 Å². The number of esters is 1. The first-order chi connectivity index (χ1) is 18.5. The van der Waals surface area contributed by atoms with Gasteiger partial charge < -0.3 is 38.9 Å². The van der Waals surface area contributed by atoms with Crippen molar-refractivity contribution in [3.05, 3.63) is 23.8 Å². The van der Waals surface area contributed by atoms with Gasteiger partial charge in [-0.05, 0) is 79.0 Å². The zero-order valence-corrected chi connectivity index (χ0v) is 24.7. The van der Waals surface area contributed by atoms with Gasteiger partial charge in [-0.15, -0.1) is 0 Å². The standard InChI is InChI=1S/C28H43NO11/c1-9-10-11-14-34-24(31)36-18(2)17-35-23(30)20(29)15-19-12-13-21(37-25(32)39-27(3,4)5)22(16-19)38-26(33)40-28(6,7)8/h12-13,16,18,20H,9-11,14-15,17,29H2,1-8H3/t18-,20-/m0/s1. The molecule has 1 aromatic carbocycles. The van der Waals surface area contributed by atoms with Crippen molar-refractivity contribution in [1.82, 2.24) is 0 Å². The highest BCUT2D eigenvalue weighted by molar-refractivity contribution is 5.76. The molecule has 2 atom stereocenters. The van der Waals surface area contributed by atoms with Crippen LogP contribution in [-0.2, 0) is 34.9 Å². The predicted molar refractivity (Wildman–Crippen MR) is 144 cm³/mol. The summed E-state index contributed by atoms with van der Waals surface area (Å²) in [4.78, 5) is 48.6. The van der Waals surface area contributed by atoms with E-state index in [-0.39, 0.29) is 31.1 Å². The molecule has 0 fully saturated rings. The molecule has 0 amide bonds. The fourth-order valence-corrected chi connectivity index (χ4v) is 2.95. The van der Waals surface area contributed by atoms with E-state index >= 15 is 0 Å². The van der Waals surface area contributed by atoms with Gasteiger partial charge in [-0.1, -0.05) is 25.8 Å². The molecule has 0 aromatic heterocycles. The number of rotatable bonds is 12. The molecule has 0 bridgehead atoms. The average Bonchev–Trinajstić information content (AvgIpc) is 2.79. The molecule has 1 aromatic rings. The maximum atomic E-state index is 12.4. The van der Waals surface area contributed by atoms with Gasteiger partial charge in [0.05, 0.1) is 6.61 Å². The van der Waals surface area contributed by atoms with Gasteiger partial charge in [0.1, 0.15) is 30.0 Å². The lowest BCUT2D eigenvalue weighted by molar-refractivity contribution is -0.148. The number of nitrogens with two attached hydrogens (primary N) is 1. The van der Waals surface area contributed by atoms with Crippen molar-refractivity contribution < 1.29 is 52.3 Å². The molecule has 0 aliphatic rings. The molecule has 0 radical (unpaired) electrons. The van der Waals surface area contributed by atoms with Gasteiger partial charge >= 0.3 is 24.4 Å². The Balaban J connectivity index is 2.83. The van der Waals surface area contributed by atoms with E-state index < -0.39 is 47.8 Å². The Kier molecular flexibility index (Phi) is 13.7. The number of ether oxygens (including phenoxy) is 7. The van der Waals surface area contributed by atoms with Gasteiger partial charge in [0.15, 0.2) is 11.5 Å². The summed E-state index contributed by atoms with van der Waals surface area (Å²) < 4.78 is 36.0. The third-order valence-corrected chi connectivity index (χ3v) is 4.66. The summed E-state index contributed by atoms with van der Waals surface area (Å²) >= 11 is 0. The zero-order chi connectivity index (χ0) is 30.5. The van der Waals surface area contributed by atoms with Crippen LogP contribution >= 0.6 is 0 Å². The van der Waals surface area contributed by atoms with Crippen molar-refractivity contribution in [2.45, 2.75) is 104 Å². The maximum absolute atomic E-state index is 12.4. The molecule has 0 saturated heterocycles. The molecule has 0 spiro atoms. The van der Waals surface area contributed by atoms with E-state index in [2.05, 4.69) is 0 Å². The number of benzene rings is 1. The first kappa shape index (κ1) is 34.5. The van der Waals surface area contributed by atoms with Crippen LogP contribution in [0, 0.1) is 0 Å². The first-order valence-electron chi connectivity index (χ1n) is 13.2. The Morgan fingerprint density at radius 3 is 1.95 bits per heavy atom. The van der Waals surface area contributed by atoms with Crippen LogP contribution in [0.2, 0.25) is 0 Å². The van der Waals surface area contributed by atoms with Gasteiger partial charge in [0.25, 0.3) is 0 Å². The molecule has 0 aliphatic carbocycles. The molecule has 12 heteroatoms. The zero-order valence-electron chi connectivity index (χ0n) is 24.7. The molecule has 0 unspecified atom stereocenters. The largest absolute Gasteiger partial charge is 0.514 e. The lowest BCUT2D eigenvalue weighted by atomic mass is 10.1. The Bertz CT molecular complexity index is 995. The van der Waals surface area contributed by atoms with Crippen molar-refractivity contribution in [2.75, 3.05) is 13.2 Å². The lowest BCUT2D eigenvalue weighted by Gasteiger charge is -2.21. The normalized spacial score (nSPS) is 12.9. The van der Waals surface area contributed by atoms with Gasteiger partial charge in [0.2, 0.25) is 0 Å². The minimum absolute atomic E-state index is 0.00899. The molecule has 0 heterocycles. The minimum atomic E-state index is -1.10. The molecule has 226 valence electrons. The summed E-state index contributed by atoms with van der Waals surface area (Å²) in [7, 11) is 0. The van der Waals surface area contributed by atoms with Gasteiger partial charge in [-0.3, -0.25) is 4.79 Å². The number of hydrogen-bond acceptors (Lipinski definition) is 12. The summed E-state index contributed by atoms with van der Waals surface area (Å²) in [6.45, 7) is 13.6. The van der Waals surface area contributed by atoms with Gasteiger partial charge in [-0.2, -0.15) is 0 Å². The van der Waals surface area contributed by atoms with Crippen LogP contribution in [0.1, 0.15) is 80.2 Å². The van der Waals surface area contributed by atoms with Crippen LogP contribution in [-0.4, -0.2) is 61.0 Å². The molecule has 0 saturated carbocycles. The molecule has 12 nitrogen and oxygen atoms in total. The second-order valence-corrected chi connectivity index (χ2v) is 11.1. The topological polar surface area (TPSA) is 159 Å². The molecular weight excluding hydrogens is 526 g/mol. The fraction of sp³-hybridized carbons (Fsp3) is 0.643. The van der Waals surface area contributed by atoms with E-state index in [9.17, 15) is 19.2 Å². The molecule has 2 N–H and O–H groups in total. The third-order valence-electron chi connectivity index (χ3n) is 4.66. The number of unbranched alkanes of at least 4 members (excludes halogenated alkanes) is 2. The summed E-state index contributed by atoms with van der Waals surface area (Å²) in [6.07, 6.45) is -0.952. The van der Waals surface area contributed by atoms with E-state index in [0.717, 1.165) is 19.3 Å². The monoisotopic (exact) mass is 569 g/mol. The van der Waals surface area contributed by atoms with Crippen LogP contribution in [0.3, 0.4) is 0 Å². The van der Waals surface area contributed by atoms with Crippen molar-refractivity contribution in [2.24, 2.45) is 5.73 Å². The fourth-order valence-electron chi connectivity index (χ4n) is 2.95. The SMILES string of the molecule is CCCCCOC(=O)O[C@@H](C)COC(=O)[C@@H](N)Cc1ccc(OC(=O)OC(C)(C)C)c(OC(=O)OC(C)(C)C)c1. The first-order valence-corrected chi connectivity index (χ1v) is 13.2. The molecular formula is C28H43NO11. The van der Waals surface area contributed by atoms with Crippen molar-refractivity contribution >= 4 is 24.4 Å². The summed E-state index contributed by atoms with van der Waals surface area (Å²) in [6, 6.07) is 3.20. The molecule has 0 aliphatic heterocycles. The van der Waals surface area contributed by atoms with E-state index in [0.29, 0.717) is 5.56 Å². The quantitative estimate of drug-likeness (QED) is 0.147. The summed E-state index contributed by atoms with van der Waals surface area (Å²) in [5, 5.41) is 0. The second-order valence-electron chi connectivity index (χ2n) is 11.1. The smallest absolute Gasteiger partial charge is 0.461 e. The number of carbonyl (C=O) groups excluding carboxylic acids is 4. The molecule has 40 heavy (non-hydrogen) atoms. The van der Waals surface area contributed by atoms with Crippen LogP contribution in [0.25, 0.3) is 0 Å². The second kappa shape index (κ2) is 15.9. The Morgan fingerprint density at radius 2 is 1.40 bits per heavy atom. The number of carbonyl (C=O) groups is 4. The van der Waals surface area contributed by atoms with E-state index in [4.69, 9.17) is 38.9 Å². The minimum Gasteiger partial charge on any atom is -0.461 e. The maximum Gasteiger partial charge on any atom is 0.514 e. The third kappa shape index (κ3) is 15.2.